The summed E-state index contributed by atoms with van der Waals surface area (Å²) in [4.78, 5) is 8.22. The molecule has 100 valence electrons. The van der Waals surface area contributed by atoms with Crippen LogP contribution >= 0.6 is 27.3 Å². The van der Waals surface area contributed by atoms with Crippen molar-refractivity contribution in [1.29, 1.82) is 0 Å². The lowest BCUT2D eigenvalue weighted by molar-refractivity contribution is 0.675. The highest BCUT2D eigenvalue weighted by Crippen LogP contribution is 2.20. The number of hydrogen-bond donors (Lipinski definition) is 0. The maximum Gasteiger partial charge on any atom is 0.231 e. The Morgan fingerprint density at radius 3 is 3.00 bits per heavy atom. The van der Waals surface area contributed by atoms with Crippen molar-refractivity contribution >= 4 is 38.6 Å². The molecule has 3 rings (SSSR count). The highest BCUT2D eigenvalue weighted by molar-refractivity contribution is 9.10. The summed E-state index contributed by atoms with van der Waals surface area (Å²) in [6.45, 7) is 0.558. The van der Waals surface area contributed by atoms with Crippen LogP contribution in [0.1, 0.15) is 10.6 Å². The van der Waals surface area contributed by atoms with E-state index >= 15 is 0 Å². The molecule has 0 aliphatic rings. The van der Waals surface area contributed by atoms with Crippen LogP contribution in [0.15, 0.2) is 46.4 Å². The average Bonchev–Trinajstić information content (AvgIpc) is 3.10. The Labute approximate surface area is 127 Å². The molecule has 0 amide bonds. The zero-order valence-corrected chi connectivity index (χ0v) is 12.6. The van der Waals surface area contributed by atoms with Crippen LogP contribution in [0.3, 0.4) is 0 Å². The molecular formula is C12H9BrN6S. The molecule has 0 saturated carbocycles. The molecule has 2 heterocycles. The highest BCUT2D eigenvalue weighted by atomic mass is 79.9. The fourth-order valence-electron chi connectivity index (χ4n) is 1.52. The second kappa shape index (κ2) is 6.02. The molecule has 2 aromatic heterocycles. The summed E-state index contributed by atoms with van der Waals surface area (Å²) < 4.78 is 2.69. The summed E-state index contributed by atoms with van der Waals surface area (Å²) in [6, 6.07) is 7.87. The van der Waals surface area contributed by atoms with Gasteiger partial charge in [-0.2, -0.15) is 5.10 Å². The van der Waals surface area contributed by atoms with Gasteiger partial charge in [-0.1, -0.05) is 45.5 Å². The molecule has 0 unspecified atom stereocenters. The molecule has 0 saturated heterocycles. The predicted molar refractivity (Wildman–Crippen MR) is 80.4 cm³/mol. The second-order valence-electron chi connectivity index (χ2n) is 3.85. The Bertz CT molecular complexity index is 721. The van der Waals surface area contributed by atoms with Crippen LogP contribution < -0.4 is 0 Å². The third-order valence-corrected chi connectivity index (χ3v) is 3.98. The Kier molecular flexibility index (Phi) is 3.93. The molecule has 0 fully saturated rings. The molecule has 0 radical (unpaired) electrons. The number of halogens is 1. The highest BCUT2D eigenvalue weighted by Gasteiger charge is 2.04. The molecule has 3 aromatic rings. The first-order chi connectivity index (χ1) is 9.81. The number of nitrogens with zero attached hydrogens (tertiary/aromatic N) is 6. The fraction of sp³-hybridized carbons (Fsp3) is 0.0833. The Morgan fingerprint density at radius 1 is 1.30 bits per heavy atom. The second-order valence-corrected chi connectivity index (χ2v) is 5.75. The molecule has 0 aliphatic heterocycles. The zero-order valence-electron chi connectivity index (χ0n) is 10.2. The fourth-order valence-corrected chi connectivity index (χ4v) is 2.58. The zero-order chi connectivity index (χ0) is 13.8. The van der Waals surface area contributed by atoms with Gasteiger partial charge < -0.3 is 0 Å². The van der Waals surface area contributed by atoms with Gasteiger partial charge in [0.25, 0.3) is 0 Å². The molecule has 6 nitrogen and oxygen atoms in total. The molecular weight excluding hydrogens is 340 g/mol. The summed E-state index contributed by atoms with van der Waals surface area (Å²) in [6.07, 6.45) is 4.91. The van der Waals surface area contributed by atoms with Crippen LogP contribution in [0.2, 0.25) is 0 Å². The van der Waals surface area contributed by atoms with E-state index in [0.717, 1.165) is 15.0 Å². The van der Waals surface area contributed by atoms with Crippen LogP contribution in [0, 0.1) is 0 Å². The molecule has 0 bridgehead atoms. The van der Waals surface area contributed by atoms with Crippen LogP contribution in [-0.2, 0) is 6.54 Å². The molecule has 0 aliphatic carbocycles. The number of aromatic nitrogens is 5. The lowest BCUT2D eigenvalue weighted by Gasteiger charge is -1.94. The van der Waals surface area contributed by atoms with Gasteiger partial charge in [-0.3, -0.25) is 0 Å². The monoisotopic (exact) mass is 348 g/mol. The lowest BCUT2D eigenvalue weighted by Crippen LogP contribution is -1.99. The normalized spacial score (nSPS) is 11.2. The summed E-state index contributed by atoms with van der Waals surface area (Å²) in [5.41, 5.74) is 1.00. The van der Waals surface area contributed by atoms with Gasteiger partial charge in [0.2, 0.25) is 5.13 Å². The van der Waals surface area contributed by atoms with Gasteiger partial charge in [-0.25, -0.2) is 14.7 Å². The van der Waals surface area contributed by atoms with Crippen molar-refractivity contribution in [2.45, 2.75) is 6.54 Å². The molecule has 1 aromatic carbocycles. The predicted octanol–water partition coefficient (Wildman–Crippen LogP) is 2.69. The first kappa shape index (κ1) is 13.1. The minimum absolute atomic E-state index is 0.558. The molecule has 0 spiro atoms. The number of aliphatic imine (C=N–C) groups is 1. The largest absolute Gasteiger partial charge is 0.246 e. The van der Waals surface area contributed by atoms with Gasteiger partial charge in [-0.05, 0) is 6.07 Å². The first-order valence-electron chi connectivity index (χ1n) is 5.74. The van der Waals surface area contributed by atoms with Gasteiger partial charge >= 0.3 is 0 Å². The Hall–Kier alpha value is -1.93. The molecule has 0 N–H and O–H groups in total. The summed E-state index contributed by atoms with van der Waals surface area (Å²) in [5.74, 6) is 0. The minimum Gasteiger partial charge on any atom is -0.246 e. The maximum atomic E-state index is 4.33. The SMILES string of the molecule is Brc1ccccc1/C=N/c1nnc(Cn2cncn2)s1. The maximum absolute atomic E-state index is 4.33. The summed E-state index contributed by atoms with van der Waals surface area (Å²) in [7, 11) is 0. The van der Waals surface area contributed by atoms with Crippen LogP contribution in [0.5, 0.6) is 0 Å². The molecule has 8 heteroatoms. The van der Waals surface area contributed by atoms with E-state index in [1.165, 1.54) is 17.7 Å². The minimum atomic E-state index is 0.558. The van der Waals surface area contributed by atoms with Gasteiger partial charge in [-0.15, -0.1) is 10.2 Å². The van der Waals surface area contributed by atoms with Crippen molar-refractivity contribution in [1.82, 2.24) is 25.0 Å². The number of rotatable bonds is 4. The number of benzene rings is 1. The third kappa shape index (κ3) is 3.14. The van der Waals surface area contributed by atoms with Crippen LogP contribution in [-0.4, -0.2) is 31.2 Å². The Balaban J connectivity index is 1.73. The third-order valence-electron chi connectivity index (χ3n) is 2.44. The van der Waals surface area contributed by atoms with E-state index in [9.17, 15) is 0 Å². The van der Waals surface area contributed by atoms with Crippen molar-refractivity contribution in [3.63, 3.8) is 0 Å². The van der Waals surface area contributed by atoms with Crippen molar-refractivity contribution in [3.8, 4) is 0 Å². The first-order valence-corrected chi connectivity index (χ1v) is 7.35. The van der Waals surface area contributed by atoms with E-state index < -0.39 is 0 Å². The van der Waals surface area contributed by atoms with E-state index in [1.807, 2.05) is 24.3 Å². The van der Waals surface area contributed by atoms with E-state index in [1.54, 1.807) is 17.2 Å². The summed E-state index contributed by atoms with van der Waals surface area (Å²) >= 11 is 4.90. The molecule has 0 atom stereocenters. The number of hydrogen-bond acceptors (Lipinski definition) is 6. The van der Waals surface area contributed by atoms with E-state index in [0.29, 0.717) is 11.7 Å². The van der Waals surface area contributed by atoms with E-state index in [-0.39, 0.29) is 0 Å². The molecule has 20 heavy (non-hydrogen) atoms. The van der Waals surface area contributed by atoms with Crippen molar-refractivity contribution in [2.24, 2.45) is 4.99 Å². The van der Waals surface area contributed by atoms with Gasteiger partial charge in [0.05, 0.1) is 6.54 Å². The van der Waals surface area contributed by atoms with Crippen LogP contribution in [0.25, 0.3) is 0 Å². The quantitative estimate of drug-likeness (QED) is 0.679. The Morgan fingerprint density at radius 2 is 2.20 bits per heavy atom. The van der Waals surface area contributed by atoms with E-state index in [4.69, 9.17) is 0 Å². The average molecular weight is 349 g/mol. The summed E-state index contributed by atoms with van der Waals surface area (Å²) in [5, 5.41) is 13.6. The van der Waals surface area contributed by atoms with Gasteiger partial charge in [0.1, 0.15) is 17.7 Å². The van der Waals surface area contributed by atoms with Gasteiger partial charge in [0, 0.05) is 16.3 Å². The van der Waals surface area contributed by atoms with Crippen molar-refractivity contribution in [2.75, 3.05) is 0 Å². The van der Waals surface area contributed by atoms with E-state index in [2.05, 4.69) is 41.2 Å². The smallest absolute Gasteiger partial charge is 0.231 e. The lowest BCUT2D eigenvalue weighted by atomic mass is 10.2. The standard InChI is InChI=1S/C12H9BrN6S/c13-10-4-2-1-3-9(10)5-15-12-18-17-11(20-12)6-19-8-14-7-16-19/h1-5,7-8H,6H2/b15-5+. The van der Waals surface area contributed by atoms with Crippen LogP contribution in [0.4, 0.5) is 5.13 Å². The van der Waals surface area contributed by atoms with Crippen molar-refractivity contribution in [3.05, 3.63) is 52.0 Å². The van der Waals surface area contributed by atoms with Gasteiger partial charge in [0.15, 0.2) is 0 Å². The topological polar surface area (TPSA) is 68.8 Å². The van der Waals surface area contributed by atoms with Crippen molar-refractivity contribution < 1.29 is 0 Å².